The Kier molecular flexibility index (Phi) is 7.39. The summed E-state index contributed by atoms with van der Waals surface area (Å²) in [4.78, 5) is 12.6. The second-order valence-electron chi connectivity index (χ2n) is 9.19. The summed E-state index contributed by atoms with van der Waals surface area (Å²) in [5, 5.41) is 3.11. The van der Waals surface area contributed by atoms with Gasteiger partial charge in [0.25, 0.3) is 0 Å². The van der Waals surface area contributed by atoms with E-state index >= 15 is 0 Å². The molecular formula is C32H31NO. The number of rotatable bonds is 8. The highest BCUT2D eigenvalue weighted by molar-refractivity contribution is 5.91. The summed E-state index contributed by atoms with van der Waals surface area (Å²) in [6, 6.07) is 39.7. The molecule has 4 aromatic rings. The fourth-order valence-electron chi connectivity index (χ4n) is 4.41. The van der Waals surface area contributed by atoms with E-state index in [4.69, 9.17) is 0 Å². The van der Waals surface area contributed by atoms with E-state index in [-0.39, 0.29) is 17.2 Å². The van der Waals surface area contributed by atoms with Crippen LogP contribution in [0.2, 0.25) is 0 Å². The lowest BCUT2D eigenvalue weighted by atomic mass is 9.75. The molecule has 0 aliphatic rings. The number of hydrogen-bond donors (Lipinski definition) is 1. The molecule has 0 radical (unpaired) electrons. The first-order valence-electron chi connectivity index (χ1n) is 11.7. The van der Waals surface area contributed by atoms with Crippen LogP contribution in [0.25, 0.3) is 6.08 Å². The third-order valence-corrected chi connectivity index (χ3v) is 6.20. The topological polar surface area (TPSA) is 29.1 Å². The molecule has 0 heterocycles. The Bertz CT molecular complexity index is 1190. The van der Waals surface area contributed by atoms with Gasteiger partial charge in [0.05, 0.1) is 0 Å². The monoisotopic (exact) mass is 445 g/mol. The normalized spacial score (nSPS) is 11.6. The average Bonchev–Trinajstić information content (AvgIpc) is 2.89. The van der Waals surface area contributed by atoms with Crippen LogP contribution in [0.5, 0.6) is 0 Å². The SMILES string of the molecule is CC(C)(CNC(=O)/C=C/c1ccccc1)c1ccccc1C(c1ccccc1)c1ccccc1. The van der Waals surface area contributed by atoms with Gasteiger partial charge in [-0.25, -0.2) is 0 Å². The van der Waals surface area contributed by atoms with Gasteiger partial charge in [-0.15, -0.1) is 0 Å². The van der Waals surface area contributed by atoms with Crippen LogP contribution in [0.1, 0.15) is 47.6 Å². The van der Waals surface area contributed by atoms with E-state index in [0.717, 1.165) is 5.56 Å². The van der Waals surface area contributed by atoms with Crippen LogP contribution in [0, 0.1) is 0 Å². The van der Waals surface area contributed by atoms with Gasteiger partial charge in [-0.05, 0) is 33.9 Å². The third-order valence-electron chi connectivity index (χ3n) is 6.20. The number of amides is 1. The molecule has 2 nitrogen and oxygen atoms in total. The number of benzene rings is 4. The van der Waals surface area contributed by atoms with Crippen LogP contribution in [0.15, 0.2) is 121 Å². The molecule has 0 unspecified atom stereocenters. The first-order chi connectivity index (χ1) is 16.5. The third kappa shape index (κ3) is 5.71. The lowest BCUT2D eigenvalue weighted by Gasteiger charge is -2.31. The van der Waals surface area contributed by atoms with Crippen molar-refractivity contribution >= 4 is 12.0 Å². The summed E-state index contributed by atoms with van der Waals surface area (Å²) in [5.41, 5.74) is 5.77. The van der Waals surface area contributed by atoms with Crippen molar-refractivity contribution in [3.05, 3.63) is 149 Å². The molecule has 0 fully saturated rings. The fraction of sp³-hybridized carbons (Fsp3) is 0.156. The molecule has 0 spiro atoms. The summed E-state index contributed by atoms with van der Waals surface area (Å²) in [5.74, 6) is 0.0311. The van der Waals surface area contributed by atoms with E-state index in [9.17, 15) is 4.79 Å². The van der Waals surface area contributed by atoms with E-state index in [1.165, 1.54) is 22.3 Å². The Morgan fingerprint density at radius 2 is 1.24 bits per heavy atom. The van der Waals surface area contributed by atoms with Gasteiger partial charge < -0.3 is 5.32 Å². The molecule has 0 bridgehead atoms. The smallest absolute Gasteiger partial charge is 0.244 e. The first-order valence-corrected chi connectivity index (χ1v) is 11.7. The quantitative estimate of drug-likeness (QED) is 0.230. The molecule has 1 N–H and O–H groups in total. The van der Waals surface area contributed by atoms with Gasteiger partial charge >= 0.3 is 0 Å². The van der Waals surface area contributed by atoms with Gasteiger partial charge in [0.2, 0.25) is 5.91 Å². The molecule has 0 aliphatic heterocycles. The number of nitrogens with one attached hydrogen (secondary N) is 1. The summed E-state index contributed by atoms with van der Waals surface area (Å²) in [6.45, 7) is 4.93. The molecule has 0 saturated heterocycles. The predicted molar refractivity (Wildman–Crippen MR) is 142 cm³/mol. The van der Waals surface area contributed by atoms with Crippen molar-refractivity contribution in [2.45, 2.75) is 25.2 Å². The Morgan fingerprint density at radius 3 is 1.82 bits per heavy atom. The standard InChI is InChI=1S/C32H31NO/c1-32(2,24-33-30(34)23-22-25-14-6-3-7-15-25)29-21-13-12-20-28(29)31(26-16-8-4-9-17-26)27-18-10-5-11-19-27/h3-23,31H,24H2,1-2H3,(H,33,34)/b23-22+. The van der Waals surface area contributed by atoms with Gasteiger partial charge in [0.15, 0.2) is 0 Å². The van der Waals surface area contributed by atoms with Crippen molar-refractivity contribution in [1.82, 2.24) is 5.32 Å². The average molecular weight is 446 g/mol. The highest BCUT2D eigenvalue weighted by atomic mass is 16.1. The summed E-state index contributed by atoms with van der Waals surface area (Å²) in [7, 11) is 0. The molecule has 0 saturated carbocycles. The van der Waals surface area contributed by atoms with Crippen LogP contribution in [-0.4, -0.2) is 12.5 Å². The molecule has 0 aliphatic carbocycles. The van der Waals surface area contributed by atoms with Crippen molar-refractivity contribution in [2.24, 2.45) is 0 Å². The molecule has 4 rings (SSSR count). The maximum absolute atomic E-state index is 12.6. The zero-order valence-corrected chi connectivity index (χ0v) is 19.8. The van der Waals surface area contributed by atoms with Gasteiger partial charge in [0, 0.05) is 24.0 Å². The van der Waals surface area contributed by atoms with Crippen molar-refractivity contribution in [2.75, 3.05) is 6.54 Å². The van der Waals surface area contributed by atoms with Crippen molar-refractivity contribution < 1.29 is 4.79 Å². The Hall–Kier alpha value is -3.91. The minimum atomic E-state index is -0.255. The zero-order chi connectivity index (χ0) is 23.8. The van der Waals surface area contributed by atoms with Crippen LogP contribution < -0.4 is 5.32 Å². The summed E-state index contributed by atoms with van der Waals surface area (Å²) in [6.07, 6.45) is 3.45. The van der Waals surface area contributed by atoms with Crippen molar-refractivity contribution in [3.8, 4) is 0 Å². The van der Waals surface area contributed by atoms with Gasteiger partial charge in [-0.2, -0.15) is 0 Å². The van der Waals surface area contributed by atoms with E-state index in [0.29, 0.717) is 6.54 Å². The lowest BCUT2D eigenvalue weighted by Crippen LogP contribution is -2.36. The highest BCUT2D eigenvalue weighted by Gasteiger charge is 2.28. The predicted octanol–water partition coefficient (Wildman–Crippen LogP) is 6.97. The van der Waals surface area contributed by atoms with Crippen LogP contribution in [0.4, 0.5) is 0 Å². The van der Waals surface area contributed by atoms with Crippen molar-refractivity contribution in [3.63, 3.8) is 0 Å². The number of carbonyl (C=O) groups is 1. The van der Waals surface area contributed by atoms with E-state index in [1.54, 1.807) is 6.08 Å². The van der Waals surface area contributed by atoms with Gasteiger partial charge in [0.1, 0.15) is 0 Å². The Morgan fingerprint density at radius 1 is 0.735 bits per heavy atom. The molecule has 170 valence electrons. The van der Waals surface area contributed by atoms with Crippen LogP contribution >= 0.6 is 0 Å². The first kappa shape index (κ1) is 23.3. The Labute approximate surface area is 203 Å². The molecule has 0 aromatic heterocycles. The fourth-order valence-corrected chi connectivity index (χ4v) is 4.41. The highest BCUT2D eigenvalue weighted by Crippen LogP contribution is 2.38. The van der Waals surface area contributed by atoms with Crippen LogP contribution in [0.3, 0.4) is 0 Å². The summed E-state index contributed by atoms with van der Waals surface area (Å²) < 4.78 is 0. The van der Waals surface area contributed by atoms with Crippen LogP contribution in [-0.2, 0) is 10.2 Å². The minimum Gasteiger partial charge on any atom is -0.352 e. The molecule has 0 atom stereocenters. The van der Waals surface area contributed by atoms with E-state index < -0.39 is 0 Å². The maximum atomic E-state index is 12.6. The molecule has 1 amide bonds. The van der Waals surface area contributed by atoms with E-state index in [1.807, 2.05) is 36.4 Å². The maximum Gasteiger partial charge on any atom is 0.244 e. The minimum absolute atomic E-state index is 0.0860. The molecule has 34 heavy (non-hydrogen) atoms. The second-order valence-corrected chi connectivity index (χ2v) is 9.19. The zero-order valence-electron chi connectivity index (χ0n) is 19.8. The number of hydrogen-bond acceptors (Lipinski definition) is 1. The van der Waals surface area contributed by atoms with E-state index in [2.05, 4.69) is 104 Å². The lowest BCUT2D eigenvalue weighted by molar-refractivity contribution is -0.116. The largest absolute Gasteiger partial charge is 0.352 e. The molecule has 4 aromatic carbocycles. The molecular weight excluding hydrogens is 414 g/mol. The van der Waals surface area contributed by atoms with Gasteiger partial charge in [-0.3, -0.25) is 4.79 Å². The Balaban J connectivity index is 1.61. The molecule has 2 heteroatoms. The second kappa shape index (κ2) is 10.8. The van der Waals surface area contributed by atoms with Crippen molar-refractivity contribution in [1.29, 1.82) is 0 Å². The van der Waals surface area contributed by atoms with Gasteiger partial charge in [-0.1, -0.05) is 129 Å². The number of carbonyl (C=O) groups excluding carboxylic acids is 1. The summed E-state index contributed by atoms with van der Waals surface area (Å²) >= 11 is 0.